The van der Waals surface area contributed by atoms with Crippen LogP contribution in [0.3, 0.4) is 0 Å². The highest BCUT2D eigenvalue weighted by Crippen LogP contribution is 2.16. The Labute approximate surface area is 118 Å². The fourth-order valence-corrected chi connectivity index (χ4v) is 3.02. The zero-order chi connectivity index (χ0) is 13.2. The molecular formula is C17H28N2. The molecule has 2 rings (SSSR count). The van der Waals surface area contributed by atoms with Crippen LogP contribution in [-0.2, 0) is 12.8 Å². The first kappa shape index (κ1) is 14.5. The molecule has 0 atom stereocenters. The van der Waals surface area contributed by atoms with Gasteiger partial charge in [-0.2, -0.15) is 0 Å². The molecular weight excluding hydrogens is 232 g/mol. The van der Waals surface area contributed by atoms with Crippen molar-refractivity contribution in [1.82, 2.24) is 9.97 Å². The molecule has 106 valence electrons. The van der Waals surface area contributed by atoms with Crippen LogP contribution in [0.2, 0.25) is 0 Å². The smallest absolute Gasteiger partial charge is 0.115 e. The van der Waals surface area contributed by atoms with E-state index in [1.165, 1.54) is 88.3 Å². The number of fused-ring (bicyclic) bond motifs is 1. The molecule has 19 heavy (non-hydrogen) atoms. The van der Waals surface area contributed by atoms with Gasteiger partial charge in [-0.3, -0.25) is 0 Å². The van der Waals surface area contributed by atoms with Gasteiger partial charge in [-0.15, -0.1) is 0 Å². The van der Waals surface area contributed by atoms with E-state index in [9.17, 15) is 0 Å². The van der Waals surface area contributed by atoms with E-state index in [-0.39, 0.29) is 0 Å². The standard InChI is InChI=1S/C17H28N2/c1-2-4-6-8-10-12-16-14-18-15-19-17(16)13-11-9-7-5-3-1/h14-15H,1-13H2. The Morgan fingerprint density at radius 2 is 1.16 bits per heavy atom. The quantitative estimate of drug-likeness (QED) is 0.665. The largest absolute Gasteiger partial charge is 0.245 e. The highest BCUT2D eigenvalue weighted by molar-refractivity contribution is 5.16. The second kappa shape index (κ2) is 9.06. The molecule has 1 aliphatic rings. The van der Waals surface area contributed by atoms with Crippen LogP contribution in [0.4, 0.5) is 0 Å². The second-order valence-electron chi connectivity index (χ2n) is 5.88. The molecule has 0 aliphatic heterocycles. The Kier molecular flexibility index (Phi) is 6.91. The number of nitrogens with zero attached hydrogens (tertiary/aromatic N) is 2. The minimum absolute atomic E-state index is 1.15. The molecule has 1 aromatic rings. The van der Waals surface area contributed by atoms with Crippen molar-refractivity contribution >= 4 is 0 Å². The zero-order valence-electron chi connectivity index (χ0n) is 12.2. The molecule has 0 unspecified atom stereocenters. The first-order chi connectivity index (χ1) is 9.47. The summed E-state index contributed by atoms with van der Waals surface area (Å²) < 4.78 is 0. The predicted octanol–water partition coefficient (Wildman–Crippen LogP) is 4.87. The highest BCUT2D eigenvalue weighted by Gasteiger charge is 2.04. The lowest BCUT2D eigenvalue weighted by Crippen LogP contribution is -2.00. The molecule has 0 radical (unpaired) electrons. The SMILES string of the molecule is c1ncc2c(n1)CCCCCCCCCCCCC2. The average molecular weight is 260 g/mol. The molecule has 1 aromatic heterocycles. The second-order valence-corrected chi connectivity index (χ2v) is 5.88. The summed E-state index contributed by atoms with van der Waals surface area (Å²) in [6, 6.07) is 0. The summed E-state index contributed by atoms with van der Waals surface area (Å²) in [5.41, 5.74) is 2.71. The lowest BCUT2D eigenvalue weighted by Gasteiger charge is -2.07. The van der Waals surface area contributed by atoms with E-state index in [1.54, 1.807) is 6.33 Å². The van der Waals surface area contributed by atoms with Crippen LogP contribution in [0.5, 0.6) is 0 Å². The summed E-state index contributed by atoms with van der Waals surface area (Å²) in [6.45, 7) is 0. The van der Waals surface area contributed by atoms with Crippen molar-refractivity contribution in [2.75, 3.05) is 0 Å². The van der Waals surface area contributed by atoms with E-state index in [1.807, 2.05) is 6.20 Å². The number of aryl methyl sites for hydroxylation is 2. The lowest BCUT2D eigenvalue weighted by atomic mass is 10.0. The molecule has 0 fully saturated rings. The van der Waals surface area contributed by atoms with Crippen molar-refractivity contribution in [2.24, 2.45) is 0 Å². The van der Waals surface area contributed by atoms with Crippen molar-refractivity contribution in [3.63, 3.8) is 0 Å². The van der Waals surface area contributed by atoms with E-state index >= 15 is 0 Å². The molecule has 0 saturated heterocycles. The fraction of sp³-hybridized carbons (Fsp3) is 0.765. The van der Waals surface area contributed by atoms with Crippen LogP contribution in [0, 0.1) is 0 Å². The average Bonchev–Trinajstić information content (AvgIpc) is 2.45. The Morgan fingerprint density at radius 1 is 0.632 bits per heavy atom. The Hall–Kier alpha value is -0.920. The fourth-order valence-electron chi connectivity index (χ4n) is 3.02. The van der Waals surface area contributed by atoms with Crippen LogP contribution in [0.1, 0.15) is 81.9 Å². The van der Waals surface area contributed by atoms with E-state index in [0.29, 0.717) is 0 Å². The Balaban J connectivity index is 1.87. The molecule has 0 amide bonds. The van der Waals surface area contributed by atoms with Gasteiger partial charge >= 0.3 is 0 Å². The maximum Gasteiger partial charge on any atom is 0.115 e. The van der Waals surface area contributed by atoms with Crippen molar-refractivity contribution in [1.29, 1.82) is 0 Å². The first-order valence-corrected chi connectivity index (χ1v) is 8.24. The number of hydrogen-bond acceptors (Lipinski definition) is 2. The van der Waals surface area contributed by atoms with Crippen molar-refractivity contribution in [2.45, 2.75) is 83.5 Å². The van der Waals surface area contributed by atoms with Crippen molar-refractivity contribution in [3.8, 4) is 0 Å². The normalized spacial score (nSPS) is 20.0. The maximum absolute atomic E-state index is 4.50. The van der Waals surface area contributed by atoms with Gasteiger partial charge in [0.25, 0.3) is 0 Å². The van der Waals surface area contributed by atoms with Crippen LogP contribution >= 0.6 is 0 Å². The third-order valence-corrected chi connectivity index (χ3v) is 4.24. The molecule has 0 N–H and O–H groups in total. The molecule has 0 bridgehead atoms. The third kappa shape index (κ3) is 5.71. The molecule has 1 aliphatic carbocycles. The van der Waals surface area contributed by atoms with Gasteiger partial charge in [0.05, 0.1) is 0 Å². The summed E-state index contributed by atoms with van der Waals surface area (Å²) in [5.74, 6) is 0. The predicted molar refractivity (Wildman–Crippen MR) is 80.2 cm³/mol. The molecule has 2 heteroatoms. The molecule has 0 saturated carbocycles. The van der Waals surface area contributed by atoms with Crippen molar-refractivity contribution in [3.05, 3.63) is 23.8 Å². The molecule has 0 aromatic carbocycles. The number of hydrogen-bond donors (Lipinski definition) is 0. The van der Waals surface area contributed by atoms with Crippen LogP contribution in [-0.4, -0.2) is 9.97 Å². The van der Waals surface area contributed by atoms with Gasteiger partial charge in [-0.1, -0.05) is 57.8 Å². The Morgan fingerprint density at radius 3 is 1.79 bits per heavy atom. The number of aromatic nitrogens is 2. The summed E-state index contributed by atoms with van der Waals surface area (Å²) in [7, 11) is 0. The molecule has 2 nitrogen and oxygen atoms in total. The van der Waals surface area contributed by atoms with Gasteiger partial charge in [-0.25, -0.2) is 9.97 Å². The minimum atomic E-state index is 1.15. The van der Waals surface area contributed by atoms with Gasteiger partial charge in [0.15, 0.2) is 0 Å². The van der Waals surface area contributed by atoms with E-state index in [0.717, 1.165) is 6.42 Å². The lowest BCUT2D eigenvalue weighted by molar-refractivity contribution is 0.548. The molecule has 0 spiro atoms. The summed E-state index contributed by atoms with van der Waals surface area (Å²) in [6.07, 6.45) is 21.4. The van der Waals surface area contributed by atoms with Crippen LogP contribution < -0.4 is 0 Å². The van der Waals surface area contributed by atoms with E-state index in [4.69, 9.17) is 0 Å². The molecule has 1 heterocycles. The topological polar surface area (TPSA) is 25.8 Å². The number of rotatable bonds is 0. The first-order valence-electron chi connectivity index (χ1n) is 8.24. The van der Waals surface area contributed by atoms with E-state index in [2.05, 4.69) is 9.97 Å². The summed E-state index contributed by atoms with van der Waals surface area (Å²) in [5, 5.41) is 0. The zero-order valence-corrected chi connectivity index (χ0v) is 12.2. The third-order valence-electron chi connectivity index (χ3n) is 4.24. The van der Waals surface area contributed by atoms with Gasteiger partial charge in [-0.05, 0) is 31.2 Å². The minimum Gasteiger partial charge on any atom is -0.245 e. The highest BCUT2D eigenvalue weighted by atomic mass is 14.8. The van der Waals surface area contributed by atoms with Gasteiger partial charge < -0.3 is 0 Å². The van der Waals surface area contributed by atoms with E-state index < -0.39 is 0 Å². The maximum atomic E-state index is 4.50. The van der Waals surface area contributed by atoms with Crippen LogP contribution in [0.15, 0.2) is 12.5 Å². The van der Waals surface area contributed by atoms with Gasteiger partial charge in [0.2, 0.25) is 0 Å². The Bertz CT molecular complexity index is 316. The van der Waals surface area contributed by atoms with Crippen molar-refractivity contribution < 1.29 is 0 Å². The van der Waals surface area contributed by atoms with Gasteiger partial charge in [0, 0.05) is 11.9 Å². The summed E-state index contributed by atoms with van der Waals surface area (Å²) in [4.78, 5) is 8.70. The summed E-state index contributed by atoms with van der Waals surface area (Å²) >= 11 is 0. The monoisotopic (exact) mass is 260 g/mol. The van der Waals surface area contributed by atoms with Gasteiger partial charge in [0.1, 0.15) is 6.33 Å². The van der Waals surface area contributed by atoms with Crippen LogP contribution in [0.25, 0.3) is 0 Å².